The highest BCUT2D eigenvalue weighted by atomic mass is 32.2. The summed E-state index contributed by atoms with van der Waals surface area (Å²) < 4.78 is 27.6. The summed E-state index contributed by atoms with van der Waals surface area (Å²) in [7, 11) is -3.64. The van der Waals surface area contributed by atoms with Crippen molar-refractivity contribution in [1.82, 2.24) is 8.96 Å². The van der Waals surface area contributed by atoms with Crippen LogP contribution < -0.4 is 5.32 Å². The van der Waals surface area contributed by atoms with Gasteiger partial charge in [0.1, 0.15) is 5.82 Å². The molecular formula is C21H19N3O2S. The zero-order valence-electron chi connectivity index (χ0n) is 14.6. The summed E-state index contributed by atoms with van der Waals surface area (Å²) in [6.45, 7) is 0.663. The largest absolute Gasteiger partial charge is 0.370 e. The number of nitrogens with one attached hydrogen (secondary N) is 1. The van der Waals surface area contributed by atoms with Crippen molar-refractivity contribution in [3.05, 3.63) is 90.8 Å². The zero-order chi connectivity index (χ0) is 18.7. The molecule has 0 saturated heterocycles. The lowest BCUT2D eigenvalue weighted by molar-refractivity contribution is 0.589. The number of aromatic nitrogens is 2. The summed E-state index contributed by atoms with van der Waals surface area (Å²) in [4.78, 5) is 4.53. The highest BCUT2D eigenvalue weighted by Gasteiger charge is 2.20. The van der Waals surface area contributed by atoms with Crippen LogP contribution in [-0.2, 0) is 16.4 Å². The Kier molecular flexibility index (Phi) is 4.64. The molecule has 4 aromatic rings. The van der Waals surface area contributed by atoms with Gasteiger partial charge in [-0.05, 0) is 42.3 Å². The summed E-state index contributed by atoms with van der Waals surface area (Å²) in [5.74, 6) is 0.804. The quantitative estimate of drug-likeness (QED) is 0.553. The summed E-state index contributed by atoms with van der Waals surface area (Å²) in [5, 5.41) is 4.21. The van der Waals surface area contributed by atoms with E-state index in [1.54, 1.807) is 36.7 Å². The lowest BCUT2D eigenvalue weighted by Crippen LogP contribution is -2.11. The van der Waals surface area contributed by atoms with Crippen molar-refractivity contribution in [3.63, 3.8) is 0 Å². The van der Waals surface area contributed by atoms with Crippen LogP contribution in [0.5, 0.6) is 0 Å². The Bertz CT molecular complexity index is 1150. The van der Waals surface area contributed by atoms with Gasteiger partial charge >= 0.3 is 0 Å². The van der Waals surface area contributed by atoms with Crippen LogP contribution in [-0.4, -0.2) is 23.9 Å². The summed E-state index contributed by atoms with van der Waals surface area (Å²) in [5.41, 5.74) is 1.67. The Morgan fingerprint density at radius 2 is 1.63 bits per heavy atom. The molecule has 27 heavy (non-hydrogen) atoms. The minimum absolute atomic E-state index is 0.281. The Morgan fingerprint density at radius 1 is 0.889 bits per heavy atom. The number of para-hydroxylation sites is 1. The molecule has 4 rings (SSSR count). The number of pyridine rings is 1. The van der Waals surface area contributed by atoms with Crippen LogP contribution in [0, 0.1) is 0 Å². The molecule has 0 amide bonds. The van der Waals surface area contributed by atoms with Gasteiger partial charge in [-0.25, -0.2) is 17.4 Å². The number of hydrogen-bond acceptors (Lipinski definition) is 4. The predicted molar refractivity (Wildman–Crippen MR) is 107 cm³/mol. The number of hydrogen-bond donors (Lipinski definition) is 1. The van der Waals surface area contributed by atoms with Crippen molar-refractivity contribution in [2.75, 3.05) is 11.9 Å². The van der Waals surface area contributed by atoms with Crippen molar-refractivity contribution < 1.29 is 8.42 Å². The lowest BCUT2D eigenvalue weighted by atomic mass is 10.1. The number of anilines is 1. The van der Waals surface area contributed by atoms with E-state index in [0.717, 1.165) is 16.8 Å². The van der Waals surface area contributed by atoms with E-state index in [4.69, 9.17) is 0 Å². The molecule has 2 aromatic heterocycles. The zero-order valence-corrected chi connectivity index (χ0v) is 15.4. The highest BCUT2D eigenvalue weighted by molar-refractivity contribution is 7.90. The normalized spacial score (nSPS) is 11.6. The molecule has 0 radical (unpaired) electrons. The van der Waals surface area contributed by atoms with Crippen molar-refractivity contribution in [2.24, 2.45) is 0 Å². The molecular weight excluding hydrogens is 358 g/mol. The fourth-order valence-electron chi connectivity index (χ4n) is 3.11. The summed E-state index contributed by atoms with van der Waals surface area (Å²) >= 11 is 0. The van der Waals surface area contributed by atoms with Gasteiger partial charge in [0.05, 0.1) is 10.4 Å². The van der Waals surface area contributed by atoms with Gasteiger partial charge in [-0.2, -0.15) is 0 Å². The molecule has 136 valence electrons. The molecule has 0 unspecified atom stereocenters. The summed E-state index contributed by atoms with van der Waals surface area (Å²) in [6.07, 6.45) is 4.15. The minimum Gasteiger partial charge on any atom is -0.370 e. The molecule has 1 N–H and O–H groups in total. The Balaban J connectivity index is 1.67. The van der Waals surface area contributed by atoms with Gasteiger partial charge in [-0.3, -0.25) is 0 Å². The van der Waals surface area contributed by atoms with Gasteiger partial charge in [-0.15, -0.1) is 0 Å². The molecule has 0 atom stereocenters. The van der Waals surface area contributed by atoms with Gasteiger partial charge in [0.2, 0.25) is 0 Å². The number of benzene rings is 2. The van der Waals surface area contributed by atoms with Crippen LogP contribution in [0.2, 0.25) is 0 Å². The van der Waals surface area contributed by atoms with Gasteiger partial charge in [0.15, 0.2) is 0 Å². The van der Waals surface area contributed by atoms with Crippen LogP contribution in [0.25, 0.3) is 10.9 Å². The van der Waals surface area contributed by atoms with Crippen molar-refractivity contribution >= 4 is 26.7 Å². The van der Waals surface area contributed by atoms with E-state index in [2.05, 4.69) is 10.3 Å². The first kappa shape index (κ1) is 17.3. The standard InChI is InChI=1S/C21H19N3O2S/c25-27(26,18-8-2-1-3-9-18)24-16-17(19-10-4-5-11-20(19)24)13-15-23-21-12-6-7-14-22-21/h1-12,14,16H,13,15H2,(H,22,23). The van der Waals surface area contributed by atoms with E-state index in [0.29, 0.717) is 18.5 Å². The molecule has 2 aromatic carbocycles. The molecule has 2 heterocycles. The van der Waals surface area contributed by atoms with Gasteiger partial charge < -0.3 is 5.32 Å². The number of fused-ring (bicyclic) bond motifs is 1. The Hall–Kier alpha value is -3.12. The molecule has 0 spiro atoms. The van der Waals surface area contributed by atoms with E-state index in [9.17, 15) is 8.42 Å². The maximum Gasteiger partial charge on any atom is 0.268 e. The Labute approximate surface area is 158 Å². The molecule has 5 nitrogen and oxygen atoms in total. The first-order valence-electron chi connectivity index (χ1n) is 8.71. The van der Waals surface area contributed by atoms with E-state index in [1.165, 1.54) is 3.97 Å². The third kappa shape index (κ3) is 3.44. The minimum atomic E-state index is -3.64. The Morgan fingerprint density at radius 3 is 2.41 bits per heavy atom. The number of nitrogens with zero attached hydrogens (tertiary/aromatic N) is 2. The van der Waals surface area contributed by atoms with Crippen LogP contribution in [0.4, 0.5) is 5.82 Å². The van der Waals surface area contributed by atoms with Gasteiger partial charge in [-0.1, -0.05) is 42.5 Å². The fourth-order valence-corrected chi connectivity index (χ4v) is 4.53. The molecule has 0 fully saturated rings. The lowest BCUT2D eigenvalue weighted by Gasteiger charge is -2.07. The van der Waals surface area contributed by atoms with E-state index >= 15 is 0 Å². The van der Waals surface area contributed by atoms with Crippen LogP contribution in [0.15, 0.2) is 90.1 Å². The molecule has 6 heteroatoms. The molecule has 0 bridgehead atoms. The number of rotatable bonds is 6. The van der Waals surface area contributed by atoms with Gasteiger partial charge in [0.25, 0.3) is 10.0 Å². The van der Waals surface area contributed by atoms with E-state index in [-0.39, 0.29) is 4.90 Å². The van der Waals surface area contributed by atoms with Crippen LogP contribution in [0.1, 0.15) is 5.56 Å². The maximum atomic E-state index is 13.1. The average molecular weight is 377 g/mol. The monoisotopic (exact) mass is 377 g/mol. The predicted octanol–water partition coefficient (Wildman–Crippen LogP) is 3.93. The fraction of sp³-hybridized carbons (Fsp3) is 0.0952. The second-order valence-corrected chi connectivity index (χ2v) is 7.99. The second kappa shape index (κ2) is 7.25. The van der Waals surface area contributed by atoms with E-state index < -0.39 is 10.0 Å². The topological polar surface area (TPSA) is 64.0 Å². The molecule has 0 aliphatic rings. The van der Waals surface area contributed by atoms with E-state index in [1.807, 2.05) is 48.5 Å². The highest BCUT2D eigenvalue weighted by Crippen LogP contribution is 2.26. The van der Waals surface area contributed by atoms with Crippen molar-refractivity contribution in [2.45, 2.75) is 11.3 Å². The molecule has 0 saturated carbocycles. The third-order valence-electron chi connectivity index (χ3n) is 4.43. The van der Waals surface area contributed by atoms with Crippen molar-refractivity contribution in [1.29, 1.82) is 0 Å². The third-order valence-corrected chi connectivity index (χ3v) is 6.11. The average Bonchev–Trinajstić information content (AvgIpc) is 3.09. The molecule has 0 aliphatic heterocycles. The SMILES string of the molecule is O=S(=O)(c1ccccc1)n1cc(CCNc2ccccn2)c2ccccc21. The smallest absolute Gasteiger partial charge is 0.268 e. The first-order chi connectivity index (χ1) is 13.2. The molecule has 0 aliphatic carbocycles. The van der Waals surface area contributed by atoms with Gasteiger partial charge in [0, 0.05) is 24.3 Å². The van der Waals surface area contributed by atoms with Crippen LogP contribution in [0.3, 0.4) is 0 Å². The van der Waals surface area contributed by atoms with Crippen molar-refractivity contribution in [3.8, 4) is 0 Å². The second-order valence-electron chi connectivity index (χ2n) is 6.18. The van der Waals surface area contributed by atoms with Crippen LogP contribution >= 0.6 is 0 Å². The summed E-state index contributed by atoms with van der Waals surface area (Å²) in [6, 6.07) is 21.8. The maximum absolute atomic E-state index is 13.1. The first-order valence-corrected chi connectivity index (χ1v) is 10.1.